The zero-order valence-electron chi connectivity index (χ0n) is 56.2. The van der Waals surface area contributed by atoms with Crippen molar-refractivity contribution >= 4 is 5.91 Å². The van der Waals surface area contributed by atoms with Crippen LogP contribution in [0.15, 0.2) is 122 Å². The van der Waals surface area contributed by atoms with Crippen LogP contribution in [-0.2, 0) is 33.2 Å². The van der Waals surface area contributed by atoms with Crippen molar-refractivity contribution in [3.63, 3.8) is 0 Å². The van der Waals surface area contributed by atoms with Crippen LogP contribution in [0.2, 0.25) is 0 Å². The van der Waals surface area contributed by atoms with Crippen LogP contribution in [0.1, 0.15) is 206 Å². The van der Waals surface area contributed by atoms with Gasteiger partial charge in [0.15, 0.2) is 18.9 Å². The Bertz CT molecular complexity index is 2160. The molecule has 3 heterocycles. The van der Waals surface area contributed by atoms with Gasteiger partial charge < -0.3 is 89.9 Å². The number of hydrogen-bond donors (Lipinski definition) is 12. The first-order valence-corrected chi connectivity index (χ1v) is 35.3. The Labute approximate surface area is 557 Å². The highest BCUT2D eigenvalue weighted by atomic mass is 16.8. The van der Waals surface area contributed by atoms with E-state index in [1.165, 1.54) is 57.8 Å². The van der Waals surface area contributed by atoms with E-state index in [1.54, 1.807) is 6.08 Å². The van der Waals surface area contributed by atoms with E-state index in [-0.39, 0.29) is 18.9 Å². The molecular formula is C74H123NO18. The SMILES string of the molecule is CC/C=C\C/C=C\C/C=C\C/C=C\C/C=C\C/C=C\C/C=C\C/C=C\CCCCCCCCCCC(=O)NC(COC1OC(CO)C(OC2OC(CO)C(OC3OC(CO)C(O)C(O)C3O)C(O)C2O)C(O)C1O)C(O)/C=C/CC/C=C/CCCCCCCCCCC. The van der Waals surface area contributed by atoms with Crippen molar-refractivity contribution in [2.24, 2.45) is 0 Å². The van der Waals surface area contributed by atoms with Crippen molar-refractivity contribution in [2.75, 3.05) is 26.4 Å². The second-order valence-corrected chi connectivity index (χ2v) is 24.6. The lowest BCUT2D eigenvalue weighted by Crippen LogP contribution is -2.66. The highest BCUT2D eigenvalue weighted by molar-refractivity contribution is 5.76. The van der Waals surface area contributed by atoms with Crippen molar-refractivity contribution in [1.29, 1.82) is 0 Å². The third-order valence-corrected chi connectivity index (χ3v) is 16.7. The van der Waals surface area contributed by atoms with Crippen molar-refractivity contribution in [2.45, 2.75) is 311 Å². The number of aliphatic hydroxyl groups is 11. The molecule has 17 unspecified atom stereocenters. The van der Waals surface area contributed by atoms with Crippen LogP contribution < -0.4 is 5.32 Å². The van der Waals surface area contributed by atoms with Gasteiger partial charge in [0.1, 0.15) is 73.2 Å². The minimum Gasteiger partial charge on any atom is -0.394 e. The molecule has 532 valence electrons. The number of amides is 1. The molecule has 0 bridgehead atoms. The Morgan fingerprint density at radius 2 is 0.753 bits per heavy atom. The van der Waals surface area contributed by atoms with E-state index in [9.17, 15) is 61.0 Å². The summed E-state index contributed by atoms with van der Waals surface area (Å²) in [4.78, 5) is 13.4. The number of ether oxygens (including phenoxy) is 6. The summed E-state index contributed by atoms with van der Waals surface area (Å²) in [7, 11) is 0. The van der Waals surface area contributed by atoms with Crippen molar-refractivity contribution < 1.29 is 89.4 Å². The lowest BCUT2D eigenvalue weighted by molar-refractivity contribution is -0.379. The van der Waals surface area contributed by atoms with E-state index in [1.807, 2.05) is 6.08 Å². The molecule has 3 aliphatic rings. The molecule has 19 heteroatoms. The predicted molar refractivity (Wildman–Crippen MR) is 364 cm³/mol. The number of unbranched alkanes of at least 4 members (excludes halogenated alkanes) is 18. The number of carbonyl (C=O) groups excluding carboxylic acids is 1. The number of nitrogens with one attached hydrogen (secondary N) is 1. The molecule has 0 aromatic heterocycles. The minimum atomic E-state index is -1.99. The number of rotatable bonds is 52. The zero-order valence-corrected chi connectivity index (χ0v) is 56.2. The third-order valence-electron chi connectivity index (χ3n) is 16.7. The monoisotopic (exact) mass is 1310 g/mol. The molecule has 0 aromatic carbocycles. The van der Waals surface area contributed by atoms with Gasteiger partial charge in [0.05, 0.1) is 38.6 Å². The maximum atomic E-state index is 13.4. The standard InChI is InChI=1S/C74H123NO18/c1-3-5-7-9-11-13-15-17-19-20-21-22-23-24-25-26-27-28-29-30-31-32-33-34-35-36-38-40-42-44-46-48-50-52-62(80)75-57(58(79)51-49-47-45-43-41-39-37-18-16-14-12-10-8-6-4-2)56-88-72-68(86)65(83)70(60(54-77)90-72)93-74-69(87)66(84)71(61(55-78)91-74)92-73-67(85)64(82)63(81)59(53-76)89-73/h5,7,11,13,17,19,21-22,24-25,27-28,30-31,33-34,41,43,49,51,57-61,63-74,76-79,81-87H,3-4,6,8-10,12,14-16,18,20,23,26,29,32,35-40,42,44-48,50,52-56H2,1-2H3,(H,75,80)/b7-5-,13-11-,19-17-,22-21-,25-24-,28-27-,31-30-,34-33-,43-41+,51-49+. The van der Waals surface area contributed by atoms with Crippen LogP contribution in [0, 0.1) is 0 Å². The van der Waals surface area contributed by atoms with E-state index in [4.69, 9.17) is 28.4 Å². The van der Waals surface area contributed by atoms with Crippen LogP contribution in [-0.4, -0.2) is 193 Å². The molecule has 0 saturated carbocycles. The quantitative estimate of drug-likeness (QED) is 0.0199. The molecule has 0 radical (unpaired) electrons. The average molecular weight is 1310 g/mol. The van der Waals surface area contributed by atoms with Crippen molar-refractivity contribution in [1.82, 2.24) is 5.32 Å². The van der Waals surface area contributed by atoms with Crippen LogP contribution in [0.25, 0.3) is 0 Å². The first kappa shape index (κ1) is 83.4. The van der Waals surface area contributed by atoms with E-state index >= 15 is 0 Å². The van der Waals surface area contributed by atoms with Gasteiger partial charge >= 0.3 is 0 Å². The molecule has 3 fully saturated rings. The fourth-order valence-electron chi connectivity index (χ4n) is 11.0. The summed E-state index contributed by atoms with van der Waals surface area (Å²) in [5.74, 6) is -0.300. The first-order valence-electron chi connectivity index (χ1n) is 35.3. The zero-order chi connectivity index (χ0) is 67.5. The predicted octanol–water partition coefficient (Wildman–Crippen LogP) is 9.60. The summed E-state index contributed by atoms with van der Waals surface area (Å²) in [6.45, 7) is 1.56. The molecule has 19 nitrogen and oxygen atoms in total. The van der Waals surface area contributed by atoms with E-state index in [2.05, 4.69) is 129 Å². The molecule has 17 atom stereocenters. The number of allylic oxidation sites excluding steroid dienone is 19. The van der Waals surface area contributed by atoms with Gasteiger partial charge in [-0.15, -0.1) is 0 Å². The summed E-state index contributed by atoms with van der Waals surface area (Å²) in [5.41, 5.74) is 0. The fourth-order valence-corrected chi connectivity index (χ4v) is 11.0. The van der Waals surface area contributed by atoms with Gasteiger partial charge in [0, 0.05) is 6.42 Å². The van der Waals surface area contributed by atoms with E-state index in [0.29, 0.717) is 12.8 Å². The maximum Gasteiger partial charge on any atom is 0.220 e. The highest BCUT2D eigenvalue weighted by Crippen LogP contribution is 2.33. The molecule has 3 rings (SSSR count). The van der Waals surface area contributed by atoms with Gasteiger partial charge in [0.25, 0.3) is 0 Å². The van der Waals surface area contributed by atoms with E-state index < -0.39 is 124 Å². The minimum absolute atomic E-state index is 0.217. The molecule has 3 aliphatic heterocycles. The summed E-state index contributed by atoms with van der Waals surface area (Å²) >= 11 is 0. The van der Waals surface area contributed by atoms with Crippen LogP contribution in [0.3, 0.4) is 0 Å². The molecule has 3 saturated heterocycles. The van der Waals surface area contributed by atoms with Gasteiger partial charge in [-0.1, -0.05) is 225 Å². The summed E-state index contributed by atoms with van der Waals surface area (Å²) < 4.78 is 34.3. The van der Waals surface area contributed by atoms with E-state index in [0.717, 1.165) is 116 Å². The Morgan fingerprint density at radius 3 is 1.20 bits per heavy atom. The second-order valence-electron chi connectivity index (χ2n) is 24.6. The molecule has 93 heavy (non-hydrogen) atoms. The topological polar surface area (TPSA) is 307 Å². The summed E-state index contributed by atoms with van der Waals surface area (Å²) in [5, 5.41) is 120. The van der Waals surface area contributed by atoms with Gasteiger partial charge in [-0.3, -0.25) is 4.79 Å². The van der Waals surface area contributed by atoms with Crippen LogP contribution in [0.5, 0.6) is 0 Å². The number of carbonyl (C=O) groups is 1. The molecule has 0 aromatic rings. The fraction of sp³-hybridized carbons (Fsp3) is 0.716. The molecule has 0 spiro atoms. The van der Waals surface area contributed by atoms with Gasteiger partial charge in [-0.25, -0.2) is 0 Å². The lowest BCUT2D eigenvalue weighted by Gasteiger charge is -2.48. The highest BCUT2D eigenvalue weighted by Gasteiger charge is 2.53. The largest absolute Gasteiger partial charge is 0.394 e. The molecule has 12 N–H and O–H groups in total. The Balaban J connectivity index is 1.40. The van der Waals surface area contributed by atoms with Gasteiger partial charge in [-0.2, -0.15) is 0 Å². The summed E-state index contributed by atoms with van der Waals surface area (Å²) in [6.07, 6.45) is 47.5. The van der Waals surface area contributed by atoms with Crippen molar-refractivity contribution in [3.8, 4) is 0 Å². The van der Waals surface area contributed by atoms with Crippen LogP contribution >= 0.6 is 0 Å². The van der Waals surface area contributed by atoms with Crippen LogP contribution in [0.4, 0.5) is 0 Å². The van der Waals surface area contributed by atoms with Crippen molar-refractivity contribution in [3.05, 3.63) is 122 Å². The Kier molecular flexibility index (Phi) is 48.6. The maximum absolute atomic E-state index is 13.4. The normalized spacial score (nSPS) is 28.3. The number of aliphatic hydroxyl groups excluding tert-OH is 11. The Hall–Kier alpha value is -3.81. The average Bonchev–Trinajstić information content (AvgIpc) is 0.902. The summed E-state index contributed by atoms with van der Waals surface area (Å²) in [6, 6.07) is -1.00. The third kappa shape index (κ3) is 35.8. The first-order chi connectivity index (χ1) is 45.3. The van der Waals surface area contributed by atoms with Gasteiger partial charge in [-0.05, 0) is 96.3 Å². The number of hydrogen-bond acceptors (Lipinski definition) is 18. The van der Waals surface area contributed by atoms with Gasteiger partial charge in [0.2, 0.25) is 5.91 Å². The smallest absolute Gasteiger partial charge is 0.220 e. The second kappa shape index (κ2) is 54.2. The molecule has 0 aliphatic carbocycles. The molecule has 1 amide bonds. The Morgan fingerprint density at radius 1 is 0.398 bits per heavy atom. The lowest BCUT2D eigenvalue weighted by atomic mass is 9.96. The molecular weight excluding hydrogens is 1190 g/mol.